The highest BCUT2D eigenvalue weighted by Crippen LogP contribution is 2.29. The molecule has 2 aromatic rings. The van der Waals surface area contributed by atoms with Gasteiger partial charge >= 0.3 is 6.09 Å². The number of nitrogens with zero attached hydrogens (tertiary/aromatic N) is 1. The van der Waals surface area contributed by atoms with Gasteiger partial charge in [-0.3, -0.25) is 10.2 Å². The van der Waals surface area contributed by atoms with Crippen LogP contribution in [0.2, 0.25) is 0 Å². The molecule has 26 heavy (non-hydrogen) atoms. The Labute approximate surface area is 156 Å². The van der Waals surface area contributed by atoms with Gasteiger partial charge in [-0.15, -0.1) is 0 Å². The van der Waals surface area contributed by atoms with E-state index in [-0.39, 0.29) is 6.61 Å². The summed E-state index contributed by atoms with van der Waals surface area (Å²) < 4.78 is 5.31. The van der Waals surface area contributed by atoms with Gasteiger partial charge in [0.1, 0.15) is 6.61 Å². The van der Waals surface area contributed by atoms with E-state index in [1.807, 2.05) is 36.4 Å². The first-order valence-corrected chi connectivity index (χ1v) is 9.47. The van der Waals surface area contributed by atoms with E-state index in [0.29, 0.717) is 0 Å². The number of aryl methyl sites for hydroxylation is 1. The third kappa shape index (κ3) is 5.33. The van der Waals surface area contributed by atoms with E-state index in [9.17, 15) is 4.79 Å². The Hall–Kier alpha value is -2.33. The Bertz CT molecular complexity index is 726. The summed E-state index contributed by atoms with van der Waals surface area (Å²) >= 11 is 0. The maximum atomic E-state index is 12.1. The first-order chi connectivity index (χ1) is 12.7. The van der Waals surface area contributed by atoms with Gasteiger partial charge in [0.15, 0.2) is 0 Å². The summed E-state index contributed by atoms with van der Waals surface area (Å²) in [5.41, 5.74) is 4.30. The molecular weight excluding hydrogens is 324 g/mol. The van der Waals surface area contributed by atoms with Crippen LogP contribution in [0.15, 0.2) is 48.5 Å². The minimum Gasteiger partial charge on any atom is -0.444 e. The van der Waals surface area contributed by atoms with Crippen molar-refractivity contribution in [3.05, 3.63) is 65.2 Å². The number of hydrogen-bond donors (Lipinski definition) is 1. The molecule has 1 fully saturated rings. The maximum Gasteiger partial charge on any atom is 0.411 e. The van der Waals surface area contributed by atoms with E-state index < -0.39 is 6.09 Å². The van der Waals surface area contributed by atoms with Crippen molar-refractivity contribution in [1.29, 1.82) is 0 Å². The lowest BCUT2D eigenvalue weighted by Crippen LogP contribution is -2.26. The number of amides is 1. The second-order valence-electron chi connectivity index (χ2n) is 7.03. The van der Waals surface area contributed by atoms with Gasteiger partial charge in [0.25, 0.3) is 0 Å². The van der Waals surface area contributed by atoms with E-state index >= 15 is 0 Å². The Morgan fingerprint density at radius 1 is 1.19 bits per heavy atom. The molecule has 0 atom stereocenters. The van der Waals surface area contributed by atoms with Crippen molar-refractivity contribution in [1.82, 2.24) is 4.90 Å². The molecule has 0 aliphatic heterocycles. The van der Waals surface area contributed by atoms with Crippen LogP contribution in [0.5, 0.6) is 0 Å². The molecule has 0 bridgehead atoms. The van der Waals surface area contributed by atoms with Crippen LogP contribution in [0.1, 0.15) is 42.9 Å². The molecule has 1 saturated carbocycles. The van der Waals surface area contributed by atoms with Gasteiger partial charge in [0.2, 0.25) is 0 Å². The number of hydrogen-bond acceptors (Lipinski definition) is 3. The van der Waals surface area contributed by atoms with E-state index in [2.05, 4.69) is 36.2 Å². The number of benzene rings is 2. The second-order valence-corrected chi connectivity index (χ2v) is 7.03. The van der Waals surface area contributed by atoms with Gasteiger partial charge in [-0.05, 0) is 61.6 Å². The quantitative estimate of drug-likeness (QED) is 0.717. The molecule has 0 heterocycles. The van der Waals surface area contributed by atoms with Crippen molar-refractivity contribution in [2.24, 2.45) is 0 Å². The number of carbonyl (C=O) groups excluding carboxylic acids is 1. The summed E-state index contributed by atoms with van der Waals surface area (Å²) in [4.78, 5) is 14.6. The molecule has 0 spiro atoms. The van der Waals surface area contributed by atoms with Crippen LogP contribution >= 0.6 is 0 Å². The zero-order valence-corrected chi connectivity index (χ0v) is 15.7. The molecule has 3 rings (SSSR count). The molecule has 0 aromatic heterocycles. The zero-order valence-electron chi connectivity index (χ0n) is 15.7. The fraction of sp³-hybridized carbons (Fsp3) is 0.409. The summed E-state index contributed by atoms with van der Waals surface area (Å²) in [6.07, 6.45) is 3.36. The molecule has 4 heteroatoms. The average molecular weight is 352 g/mol. The highest BCUT2D eigenvalue weighted by atomic mass is 16.5. The average Bonchev–Trinajstić information content (AvgIpc) is 3.48. The highest BCUT2D eigenvalue weighted by Gasteiger charge is 2.28. The molecule has 1 aliphatic rings. The molecule has 138 valence electrons. The van der Waals surface area contributed by atoms with Crippen molar-refractivity contribution in [3.8, 4) is 0 Å². The smallest absolute Gasteiger partial charge is 0.411 e. The van der Waals surface area contributed by atoms with E-state index in [1.165, 1.54) is 30.4 Å². The predicted molar refractivity (Wildman–Crippen MR) is 105 cm³/mol. The number of ether oxygens (including phenoxy) is 1. The highest BCUT2D eigenvalue weighted by molar-refractivity contribution is 5.84. The summed E-state index contributed by atoms with van der Waals surface area (Å²) in [5.74, 6) is 0. The molecule has 0 saturated heterocycles. The van der Waals surface area contributed by atoms with Gasteiger partial charge in [-0.25, -0.2) is 4.79 Å². The first-order valence-electron chi connectivity index (χ1n) is 9.47. The molecule has 0 unspecified atom stereocenters. The lowest BCUT2D eigenvalue weighted by Gasteiger charge is -2.22. The molecule has 1 amide bonds. The number of anilines is 1. The lowest BCUT2D eigenvalue weighted by molar-refractivity contribution is 0.155. The number of nitrogens with one attached hydrogen (secondary N) is 1. The molecule has 1 aliphatic carbocycles. The third-order valence-electron chi connectivity index (χ3n) is 4.76. The summed E-state index contributed by atoms with van der Waals surface area (Å²) in [6.45, 7) is 6.70. The Morgan fingerprint density at radius 3 is 2.65 bits per heavy atom. The molecular formula is C22H28N2O2. The largest absolute Gasteiger partial charge is 0.444 e. The first kappa shape index (κ1) is 18.5. The van der Waals surface area contributed by atoms with Crippen LogP contribution in [0, 0.1) is 6.92 Å². The fourth-order valence-electron chi connectivity index (χ4n) is 3.13. The molecule has 2 aromatic carbocycles. The zero-order chi connectivity index (χ0) is 18.4. The van der Waals surface area contributed by atoms with Crippen LogP contribution in [0.4, 0.5) is 10.5 Å². The van der Waals surface area contributed by atoms with Crippen LogP contribution in [-0.2, 0) is 17.9 Å². The van der Waals surface area contributed by atoms with Crippen LogP contribution in [0.3, 0.4) is 0 Å². The Balaban J connectivity index is 1.58. The number of rotatable bonds is 8. The van der Waals surface area contributed by atoms with E-state index in [1.54, 1.807) is 0 Å². The minimum atomic E-state index is -0.420. The summed E-state index contributed by atoms with van der Waals surface area (Å²) in [6, 6.07) is 16.5. The van der Waals surface area contributed by atoms with Crippen molar-refractivity contribution in [2.75, 3.05) is 11.9 Å². The standard InChI is InChI=1S/C22H28N2O2/c1-3-13-24(21-11-12-21)15-19-14-20(10-9-17(19)2)23-22(25)26-16-18-7-5-4-6-8-18/h4-10,14,21H,3,11-13,15-16H2,1-2H3,(H,23,25). The van der Waals surface area contributed by atoms with Crippen molar-refractivity contribution in [2.45, 2.75) is 52.3 Å². The van der Waals surface area contributed by atoms with Gasteiger partial charge in [0, 0.05) is 18.3 Å². The van der Waals surface area contributed by atoms with Gasteiger partial charge in [-0.2, -0.15) is 0 Å². The Morgan fingerprint density at radius 2 is 1.96 bits per heavy atom. The normalized spacial score (nSPS) is 13.7. The van der Waals surface area contributed by atoms with Gasteiger partial charge in [0.05, 0.1) is 0 Å². The monoisotopic (exact) mass is 352 g/mol. The number of carbonyl (C=O) groups is 1. The predicted octanol–water partition coefficient (Wildman–Crippen LogP) is 5.12. The van der Waals surface area contributed by atoms with Gasteiger partial charge in [-0.1, -0.05) is 43.3 Å². The summed E-state index contributed by atoms with van der Waals surface area (Å²) in [5, 5.41) is 2.85. The summed E-state index contributed by atoms with van der Waals surface area (Å²) in [7, 11) is 0. The lowest BCUT2D eigenvalue weighted by atomic mass is 10.1. The van der Waals surface area contributed by atoms with Crippen LogP contribution < -0.4 is 5.32 Å². The second kappa shape index (κ2) is 8.86. The maximum absolute atomic E-state index is 12.1. The van der Waals surface area contributed by atoms with Crippen LogP contribution in [0.25, 0.3) is 0 Å². The van der Waals surface area contributed by atoms with E-state index in [0.717, 1.165) is 30.4 Å². The minimum absolute atomic E-state index is 0.275. The third-order valence-corrected chi connectivity index (χ3v) is 4.76. The van der Waals surface area contributed by atoms with Crippen LogP contribution in [-0.4, -0.2) is 23.6 Å². The molecule has 0 radical (unpaired) electrons. The molecule has 1 N–H and O–H groups in total. The SMILES string of the molecule is CCCN(Cc1cc(NC(=O)OCc2ccccc2)ccc1C)C1CC1. The van der Waals surface area contributed by atoms with Crippen molar-refractivity contribution < 1.29 is 9.53 Å². The van der Waals surface area contributed by atoms with Gasteiger partial charge < -0.3 is 4.74 Å². The van der Waals surface area contributed by atoms with Crippen molar-refractivity contribution in [3.63, 3.8) is 0 Å². The topological polar surface area (TPSA) is 41.6 Å². The fourth-order valence-corrected chi connectivity index (χ4v) is 3.13. The van der Waals surface area contributed by atoms with E-state index in [4.69, 9.17) is 4.74 Å². The molecule has 4 nitrogen and oxygen atoms in total. The van der Waals surface area contributed by atoms with Crippen molar-refractivity contribution >= 4 is 11.8 Å². The Kier molecular flexibility index (Phi) is 6.29.